The van der Waals surface area contributed by atoms with Crippen LogP contribution in [-0.2, 0) is 33.9 Å². The van der Waals surface area contributed by atoms with E-state index in [-0.39, 0.29) is 30.7 Å². The lowest BCUT2D eigenvalue weighted by Gasteiger charge is -2.32. The van der Waals surface area contributed by atoms with Crippen LogP contribution < -0.4 is 27.4 Å². The van der Waals surface area contributed by atoms with Crippen molar-refractivity contribution in [3.05, 3.63) is 101 Å². The normalized spacial score (nSPS) is 18.9. The highest BCUT2D eigenvalue weighted by atomic mass is 35.5. The van der Waals surface area contributed by atoms with Gasteiger partial charge in [-0.1, -0.05) is 47.6 Å². The fraction of sp³-hybridized carbons (Fsp3) is 0.350. The molecule has 2 aromatic carbocycles. The molecule has 3 amide bonds. The second kappa shape index (κ2) is 18.6. The summed E-state index contributed by atoms with van der Waals surface area (Å²) >= 11 is 8.47. The van der Waals surface area contributed by atoms with Crippen molar-refractivity contribution in [3.63, 3.8) is 0 Å². The molecule has 0 saturated heterocycles. The molecule has 0 aliphatic carbocycles. The largest absolute Gasteiger partial charge is 0.367 e. The number of carbonyl (C=O) groups excluding carboxylic acids is 3. The summed E-state index contributed by atoms with van der Waals surface area (Å²) in [7, 11) is 1.63. The number of amides is 3. The van der Waals surface area contributed by atoms with Gasteiger partial charge in [0.25, 0.3) is 0 Å². The maximum atomic E-state index is 14.5. The summed E-state index contributed by atoms with van der Waals surface area (Å²) in [5, 5.41) is 11.8. The number of hydrogen-bond donors (Lipinski definition) is 7. The van der Waals surface area contributed by atoms with Gasteiger partial charge in [-0.15, -0.1) is 0 Å². The molecule has 5 aromatic rings. The Bertz CT molecular complexity index is 2050. The number of hydrogen-bond acceptors (Lipinski definition) is 8. The molecule has 4 heterocycles. The van der Waals surface area contributed by atoms with Crippen molar-refractivity contribution in [2.24, 2.45) is 11.5 Å². The first-order valence-corrected chi connectivity index (χ1v) is 19.6. The Labute approximate surface area is 324 Å². The predicted octanol–water partition coefficient (Wildman–Crippen LogP) is 4.87. The molecule has 3 aromatic heterocycles. The monoisotopic (exact) mass is 769 g/mol. The third kappa shape index (κ3) is 9.34. The number of aromatic amines is 2. The first-order valence-electron chi connectivity index (χ1n) is 18.4. The summed E-state index contributed by atoms with van der Waals surface area (Å²) in [4.78, 5) is 56.3. The van der Waals surface area contributed by atoms with E-state index in [2.05, 4.69) is 25.9 Å². The van der Waals surface area contributed by atoms with E-state index in [0.29, 0.717) is 61.8 Å². The van der Waals surface area contributed by atoms with Gasteiger partial charge in [-0.2, -0.15) is 0 Å². The van der Waals surface area contributed by atoms with Gasteiger partial charge in [0, 0.05) is 67.1 Å². The molecular formula is C40H48ClN9O3S. The highest BCUT2D eigenvalue weighted by Gasteiger charge is 2.34. The zero-order chi connectivity index (χ0) is 38.0. The number of para-hydroxylation sites is 1. The van der Waals surface area contributed by atoms with Crippen LogP contribution in [0.1, 0.15) is 48.8 Å². The molecule has 54 heavy (non-hydrogen) atoms. The fourth-order valence-corrected chi connectivity index (χ4v) is 8.18. The summed E-state index contributed by atoms with van der Waals surface area (Å²) in [6.45, 7) is 1.34. The SMILES string of the molecule is CN1C(=O)[C@H](CCCCN)NC(=O)[C@H](CCCN)NCc2cccnc2Sc2c(Cl)cc(-c3cc[nH]c3)cc2CNC(=O)[C@@H]1Cc1c[nH]c2ccccc12. The Morgan fingerprint density at radius 2 is 1.70 bits per heavy atom. The first kappa shape index (κ1) is 39.0. The number of rotatable bonds is 10. The molecule has 1 aliphatic rings. The average molecular weight is 770 g/mol. The standard InChI is InChI=1S/C40H48ClN9O3S/c1-50-35(20-28-23-46-32-10-3-2-9-30(28)32)38(52)48-24-29-18-27(25-13-17-44-21-25)19-31(41)36(29)54-39-26(8-7-16-45-39)22-47-33(12-6-15-43)37(51)49-34(40(50)53)11-4-5-14-42/h2-3,7-10,13,16-19,21,23,33-35,44,46-47H,4-6,11-12,14-15,20,22,24,42-43H2,1H3,(H,48,52)(H,49,51)/t33-,34-,35-/m0/s1. The molecule has 0 bridgehead atoms. The maximum absolute atomic E-state index is 14.5. The summed E-state index contributed by atoms with van der Waals surface area (Å²) in [6.07, 6.45) is 10.3. The van der Waals surface area contributed by atoms with Gasteiger partial charge in [-0.25, -0.2) is 4.98 Å². The van der Waals surface area contributed by atoms with Crippen molar-refractivity contribution in [1.29, 1.82) is 0 Å². The van der Waals surface area contributed by atoms with E-state index in [1.165, 1.54) is 16.7 Å². The smallest absolute Gasteiger partial charge is 0.245 e. The van der Waals surface area contributed by atoms with Gasteiger partial charge in [0.1, 0.15) is 17.1 Å². The topological polar surface area (TPSA) is 187 Å². The van der Waals surface area contributed by atoms with Gasteiger partial charge in [-0.3, -0.25) is 14.4 Å². The van der Waals surface area contributed by atoms with E-state index in [1.54, 1.807) is 13.2 Å². The number of carbonyl (C=O) groups is 3. The summed E-state index contributed by atoms with van der Waals surface area (Å²) in [6, 6.07) is 15.1. The van der Waals surface area contributed by atoms with Crippen LogP contribution in [0.4, 0.5) is 0 Å². The van der Waals surface area contributed by atoms with Crippen LogP contribution in [0.25, 0.3) is 22.0 Å². The van der Waals surface area contributed by atoms with Crippen LogP contribution in [0.15, 0.2) is 89.3 Å². The van der Waals surface area contributed by atoms with E-state index < -0.39 is 18.1 Å². The quantitative estimate of drug-likeness (QED) is 0.0981. The number of nitrogens with zero attached hydrogens (tertiary/aromatic N) is 2. The minimum absolute atomic E-state index is 0.143. The second-order valence-electron chi connectivity index (χ2n) is 13.6. The number of aromatic nitrogens is 3. The average Bonchev–Trinajstić information content (AvgIpc) is 3.87. The van der Waals surface area contributed by atoms with Gasteiger partial charge in [0.2, 0.25) is 17.7 Å². The predicted molar refractivity (Wildman–Crippen MR) is 214 cm³/mol. The molecule has 14 heteroatoms. The van der Waals surface area contributed by atoms with Crippen molar-refractivity contribution in [2.75, 3.05) is 20.1 Å². The number of H-pyrrole nitrogens is 2. The third-order valence-electron chi connectivity index (χ3n) is 9.87. The minimum Gasteiger partial charge on any atom is -0.367 e. The van der Waals surface area contributed by atoms with Crippen molar-refractivity contribution in [1.82, 2.24) is 35.8 Å². The molecule has 284 valence electrons. The summed E-state index contributed by atoms with van der Waals surface area (Å²) < 4.78 is 0. The number of pyridine rings is 1. The molecule has 12 nitrogen and oxygen atoms in total. The lowest BCUT2D eigenvalue weighted by atomic mass is 10.0. The highest BCUT2D eigenvalue weighted by molar-refractivity contribution is 7.99. The fourth-order valence-electron chi connectivity index (χ4n) is 6.83. The van der Waals surface area contributed by atoms with Gasteiger partial charge in [0.15, 0.2) is 0 Å². The maximum Gasteiger partial charge on any atom is 0.245 e. The van der Waals surface area contributed by atoms with E-state index in [9.17, 15) is 14.4 Å². The van der Waals surface area contributed by atoms with Gasteiger partial charge >= 0.3 is 0 Å². The van der Waals surface area contributed by atoms with Crippen LogP contribution in [0.3, 0.4) is 0 Å². The molecular weight excluding hydrogens is 722 g/mol. The lowest BCUT2D eigenvalue weighted by molar-refractivity contribution is -0.142. The molecule has 6 rings (SSSR count). The molecule has 0 spiro atoms. The molecule has 0 fully saturated rings. The summed E-state index contributed by atoms with van der Waals surface area (Å²) in [5.74, 6) is -1.01. The molecule has 0 saturated carbocycles. The lowest BCUT2D eigenvalue weighted by Crippen LogP contribution is -2.57. The van der Waals surface area contributed by atoms with E-state index in [0.717, 1.165) is 43.6 Å². The number of nitrogens with two attached hydrogens (primary N) is 2. The second-order valence-corrected chi connectivity index (χ2v) is 15.0. The Kier molecular flexibility index (Phi) is 13.4. The number of likely N-dealkylation sites (N-methyl/N-ethyl adjacent to an activating group) is 1. The number of nitrogens with one attached hydrogen (secondary N) is 5. The van der Waals surface area contributed by atoms with Crippen LogP contribution in [0, 0.1) is 0 Å². The number of fused-ring (bicyclic) bond motifs is 3. The van der Waals surface area contributed by atoms with Crippen molar-refractivity contribution in [3.8, 4) is 11.1 Å². The third-order valence-corrected chi connectivity index (χ3v) is 11.5. The van der Waals surface area contributed by atoms with Gasteiger partial charge < -0.3 is 42.3 Å². The molecule has 9 N–H and O–H groups in total. The number of halogens is 1. The molecule has 0 radical (unpaired) electrons. The van der Waals surface area contributed by atoms with Crippen molar-refractivity contribution in [2.45, 2.75) is 79.7 Å². The first-order chi connectivity index (χ1) is 26.3. The number of unbranched alkanes of at least 4 members (excludes halogenated alkanes) is 1. The Balaban J connectivity index is 1.43. The zero-order valence-corrected chi connectivity index (χ0v) is 31.9. The van der Waals surface area contributed by atoms with Crippen LogP contribution in [-0.4, -0.2) is 75.8 Å². The van der Waals surface area contributed by atoms with E-state index >= 15 is 0 Å². The van der Waals surface area contributed by atoms with Crippen molar-refractivity contribution >= 4 is 52.0 Å². The van der Waals surface area contributed by atoms with Crippen LogP contribution in [0.2, 0.25) is 5.02 Å². The molecule has 0 unspecified atom stereocenters. The minimum atomic E-state index is -0.908. The number of benzene rings is 2. The Morgan fingerprint density at radius 1 is 0.889 bits per heavy atom. The van der Waals surface area contributed by atoms with Crippen LogP contribution in [0.5, 0.6) is 0 Å². The van der Waals surface area contributed by atoms with Crippen molar-refractivity contribution < 1.29 is 14.4 Å². The zero-order valence-electron chi connectivity index (χ0n) is 30.4. The Morgan fingerprint density at radius 3 is 2.50 bits per heavy atom. The van der Waals surface area contributed by atoms with Crippen LogP contribution >= 0.6 is 23.4 Å². The van der Waals surface area contributed by atoms with Gasteiger partial charge in [-0.05, 0) is 103 Å². The van der Waals surface area contributed by atoms with E-state index in [4.69, 9.17) is 28.1 Å². The molecule has 3 atom stereocenters. The van der Waals surface area contributed by atoms with E-state index in [1.807, 2.05) is 73.2 Å². The highest BCUT2D eigenvalue weighted by Crippen LogP contribution is 2.39. The molecule has 1 aliphatic heterocycles. The summed E-state index contributed by atoms with van der Waals surface area (Å²) in [5.41, 5.74) is 17.0. The van der Waals surface area contributed by atoms with Gasteiger partial charge in [0.05, 0.1) is 11.1 Å². The Hall–Kier alpha value is -4.66.